The first-order valence-corrected chi connectivity index (χ1v) is 14.1. The number of alkyl carbamates (subject to hydrolysis) is 1. The minimum Gasteiger partial charge on any atom is -0.444 e. The average Bonchev–Trinajstić information content (AvgIpc) is 2.85. The second kappa shape index (κ2) is 14.1. The molecule has 2 N–H and O–H groups in total. The number of nitrogens with one attached hydrogen (secondary N) is 2. The Balaban J connectivity index is 2.44. The summed E-state index contributed by atoms with van der Waals surface area (Å²) in [5.74, 6) is 0.0243. The van der Waals surface area contributed by atoms with Crippen molar-refractivity contribution in [2.75, 3.05) is 23.9 Å². The SMILES string of the molecule is CCc1ccc(C(C(=O)Nc2ccccc2C)N(CC)C(=O)C(CCSC)NC(=O)OC(C)(C)C)cc1. The van der Waals surface area contributed by atoms with E-state index in [-0.39, 0.29) is 18.4 Å². The highest BCUT2D eigenvalue weighted by Crippen LogP contribution is 2.26. The molecule has 2 rings (SSSR count). The summed E-state index contributed by atoms with van der Waals surface area (Å²) < 4.78 is 5.42. The maximum Gasteiger partial charge on any atom is 0.408 e. The average molecular weight is 528 g/mol. The van der Waals surface area contributed by atoms with Gasteiger partial charge >= 0.3 is 6.09 Å². The van der Waals surface area contributed by atoms with Gasteiger partial charge in [0.1, 0.15) is 17.7 Å². The molecule has 7 nitrogen and oxygen atoms in total. The van der Waals surface area contributed by atoms with Crippen LogP contribution < -0.4 is 10.6 Å². The monoisotopic (exact) mass is 527 g/mol. The number of carbonyl (C=O) groups excluding carboxylic acids is 3. The standard InChI is InChI=1S/C29H41N3O4S/c1-8-21-14-16-22(17-15-21)25(26(33)30-23-13-11-10-12-20(23)3)32(9-2)27(34)24(18-19-37-7)31-28(35)36-29(4,5)6/h10-17,24-25H,8-9,18-19H2,1-7H3,(H,30,33)(H,31,35). The van der Waals surface area contributed by atoms with Crippen molar-refractivity contribution in [2.24, 2.45) is 0 Å². The first kappa shape index (κ1) is 30.2. The van der Waals surface area contributed by atoms with Crippen LogP contribution in [0.1, 0.15) is 63.8 Å². The van der Waals surface area contributed by atoms with Crippen LogP contribution in [-0.2, 0) is 20.7 Å². The van der Waals surface area contributed by atoms with Crippen molar-refractivity contribution in [3.05, 3.63) is 65.2 Å². The van der Waals surface area contributed by atoms with Crippen molar-refractivity contribution >= 4 is 35.4 Å². The number of likely N-dealkylation sites (N-methyl/N-ethyl adjacent to an activating group) is 1. The number of amides is 3. The number of aryl methyl sites for hydroxylation is 2. The van der Waals surface area contributed by atoms with Crippen molar-refractivity contribution in [2.45, 2.75) is 72.1 Å². The lowest BCUT2D eigenvalue weighted by Crippen LogP contribution is -2.52. The van der Waals surface area contributed by atoms with Crippen LogP contribution in [0.4, 0.5) is 10.5 Å². The molecule has 0 aliphatic rings. The highest BCUT2D eigenvalue weighted by Gasteiger charge is 2.35. The Morgan fingerprint density at radius 1 is 1.03 bits per heavy atom. The maximum atomic E-state index is 13.9. The molecular weight excluding hydrogens is 486 g/mol. The normalized spacial score (nSPS) is 12.8. The predicted octanol–water partition coefficient (Wildman–Crippen LogP) is 5.73. The Labute approximate surface area is 225 Å². The van der Waals surface area contributed by atoms with Gasteiger partial charge in [-0.25, -0.2) is 4.79 Å². The molecule has 2 aromatic carbocycles. The Morgan fingerprint density at radius 3 is 2.22 bits per heavy atom. The zero-order valence-electron chi connectivity index (χ0n) is 23.1. The molecule has 0 spiro atoms. The predicted molar refractivity (Wildman–Crippen MR) is 152 cm³/mol. The van der Waals surface area contributed by atoms with Gasteiger partial charge in [-0.3, -0.25) is 9.59 Å². The molecule has 37 heavy (non-hydrogen) atoms. The molecule has 0 fully saturated rings. The van der Waals surface area contributed by atoms with Crippen LogP contribution in [0.2, 0.25) is 0 Å². The van der Waals surface area contributed by atoms with E-state index in [2.05, 4.69) is 17.6 Å². The van der Waals surface area contributed by atoms with Crippen molar-refractivity contribution in [1.82, 2.24) is 10.2 Å². The zero-order chi connectivity index (χ0) is 27.6. The van der Waals surface area contributed by atoms with Crippen molar-refractivity contribution in [3.63, 3.8) is 0 Å². The lowest BCUT2D eigenvalue weighted by atomic mass is 10.00. The molecule has 2 aromatic rings. The molecule has 202 valence electrons. The maximum absolute atomic E-state index is 13.9. The summed E-state index contributed by atoms with van der Waals surface area (Å²) in [5.41, 5.74) is 2.77. The summed E-state index contributed by atoms with van der Waals surface area (Å²) in [6, 6.07) is 13.6. The van der Waals surface area contributed by atoms with Crippen LogP contribution in [0.25, 0.3) is 0 Å². The van der Waals surface area contributed by atoms with E-state index in [0.717, 1.165) is 17.5 Å². The van der Waals surface area contributed by atoms with Gasteiger partial charge in [-0.05, 0) is 82.2 Å². The third-order valence-electron chi connectivity index (χ3n) is 5.89. The molecule has 0 bridgehead atoms. The summed E-state index contributed by atoms with van der Waals surface area (Å²) in [4.78, 5) is 41.8. The Kier molecular flexibility index (Phi) is 11.5. The van der Waals surface area contributed by atoms with Crippen LogP contribution in [0.15, 0.2) is 48.5 Å². The molecule has 0 aliphatic carbocycles. The fourth-order valence-electron chi connectivity index (χ4n) is 3.93. The van der Waals surface area contributed by atoms with Gasteiger partial charge < -0.3 is 20.3 Å². The lowest BCUT2D eigenvalue weighted by molar-refractivity contribution is -0.140. The van der Waals surface area contributed by atoms with Crippen LogP contribution in [0.5, 0.6) is 0 Å². The number of anilines is 1. The van der Waals surface area contributed by atoms with E-state index in [0.29, 0.717) is 23.4 Å². The minimum absolute atomic E-state index is 0.284. The summed E-state index contributed by atoms with van der Waals surface area (Å²) in [7, 11) is 0. The number of hydrogen-bond acceptors (Lipinski definition) is 5. The molecule has 0 aromatic heterocycles. The largest absolute Gasteiger partial charge is 0.444 e. The van der Waals surface area contributed by atoms with Crippen molar-refractivity contribution in [3.8, 4) is 0 Å². The zero-order valence-corrected chi connectivity index (χ0v) is 23.9. The van der Waals surface area contributed by atoms with E-state index in [4.69, 9.17) is 4.74 Å². The number of thioether (sulfide) groups is 1. The molecule has 2 atom stereocenters. The lowest BCUT2D eigenvalue weighted by Gasteiger charge is -2.34. The minimum atomic E-state index is -0.875. The van der Waals surface area contributed by atoms with E-state index >= 15 is 0 Å². The van der Waals surface area contributed by atoms with E-state index in [9.17, 15) is 14.4 Å². The number of rotatable bonds is 11. The molecule has 2 unspecified atom stereocenters. The topological polar surface area (TPSA) is 87.7 Å². The summed E-state index contributed by atoms with van der Waals surface area (Å²) in [6.07, 6.45) is 2.57. The molecular formula is C29H41N3O4S. The van der Waals surface area contributed by atoms with Gasteiger partial charge in [0.05, 0.1) is 0 Å². The third-order valence-corrected chi connectivity index (χ3v) is 6.53. The fourth-order valence-corrected chi connectivity index (χ4v) is 4.40. The molecule has 0 saturated heterocycles. The van der Waals surface area contributed by atoms with Gasteiger partial charge in [-0.15, -0.1) is 0 Å². The van der Waals surface area contributed by atoms with E-state index in [1.54, 1.807) is 32.5 Å². The third kappa shape index (κ3) is 9.11. The van der Waals surface area contributed by atoms with Crippen LogP contribution in [0.3, 0.4) is 0 Å². The summed E-state index contributed by atoms with van der Waals surface area (Å²) in [6.45, 7) is 11.4. The Hall–Kier alpha value is -3.00. The summed E-state index contributed by atoms with van der Waals surface area (Å²) >= 11 is 1.58. The summed E-state index contributed by atoms with van der Waals surface area (Å²) in [5, 5.41) is 5.76. The number of nitrogens with zero attached hydrogens (tertiary/aromatic N) is 1. The first-order chi connectivity index (χ1) is 17.5. The van der Waals surface area contributed by atoms with Crippen LogP contribution >= 0.6 is 11.8 Å². The van der Waals surface area contributed by atoms with Crippen molar-refractivity contribution in [1.29, 1.82) is 0 Å². The van der Waals surface area contributed by atoms with E-state index < -0.39 is 23.8 Å². The number of hydrogen-bond donors (Lipinski definition) is 2. The molecule has 0 radical (unpaired) electrons. The van der Waals surface area contributed by atoms with Gasteiger partial charge in [-0.1, -0.05) is 49.4 Å². The second-order valence-electron chi connectivity index (χ2n) is 9.91. The van der Waals surface area contributed by atoms with Crippen LogP contribution in [-0.4, -0.2) is 53.0 Å². The highest BCUT2D eigenvalue weighted by atomic mass is 32.2. The van der Waals surface area contributed by atoms with Gasteiger partial charge in [0.25, 0.3) is 5.91 Å². The Bertz CT molecular complexity index is 1050. The quantitative estimate of drug-likeness (QED) is 0.390. The van der Waals surface area contributed by atoms with E-state index in [1.165, 1.54) is 4.90 Å². The molecule has 0 heterocycles. The number of benzene rings is 2. The van der Waals surface area contributed by atoms with Gasteiger partial charge in [0.15, 0.2) is 0 Å². The number of ether oxygens (including phenoxy) is 1. The Morgan fingerprint density at radius 2 is 1.68 bits per heavy atom. The smallest absolute Gasteiger partial charge is 0.408 e. The van der Waals surface area contributed by atoms with Gasteiger partial charge in [0.2, 0.25) is 5.91 Å². The van der Waals surface area contributed by atoms with Crippen molar-refractivity contribution < 1.29 is 19.1 Å². The van der Waals surface area contributed by atoms with E-state index in [1.807, 2.05) is 68.6 Å². The van der Waals surface area contributed by atoms with Crippen LogP contribution in [0, 0.1) is 6.92 Å². The first-order valence-electron chi connectivity index (χ1n) is 12.7. The number of carbonyl (C=O) groups is 3. The molecule has 0 saturated carbocycles. The molecule has 8 heteroatoms. The molecule has 3 amide bonds. The molecule has 0 aliphatic heterocycles. The van der Waals surface area contributed by atoms with Gasteiger partial charge in [0, 0.05) is 12.2 Å². The van der Waals surface area contributed by atoms with Gasteiger partial charge in [-0.2, -0.15) is 11.8 Å². The number of para-hydroxylation sites is 1. The highest BCUT2D eigenvalue weighted by molar-refractivity contribution is 7.98. The fraction of sp³-hybridized carbons (Fsp3) is 0.483. The second-order valence-corrected chi connectivity index (χ2v) is 10.9.